The highest BCUT2D eigenvalue weighted by Gasteiger charge is 2.38. The van der Waals surface area contributed by atoms with Gasteiger partial charge < -0.3 is 9.32 Å². The van der Waals surface area contributed by atoms with Crippen molar-refractivity contribution in [3.05, 3.63) is 53.3 Å². The normalized spacial score (nSPS) is 16.6. The van der Waals surface area contributed by atoms with Crippen LogP contribution in [0.3, 0.4) is 0 Å². The van der Waals surface area contributed by atoms with Crippen molar-refractivity contribution in [1.82, 2.24) is 4.90 Å². The molecular formula is C19H19N3O3S. The minimum atomic E-state index is -0.468. The second kappa shape index (κ2) is 6.76. The molecule has 1 aromatic carbocycles. The molecule has 1 fully saturated rings. The van der Waals surface area contributed by atoms with Gasteiger partial charge in [-0.05, 0) is 43.4 Å². The third-order valence-corrected chi connectivity index (χ3v) is 4.54. The Morgan fingerprint density at radius 1 is 1.04 bits per heavy atom. The van der Waals surface area contributed by atoms with Crippen LogP contribution in [-0.2, 0) is 9.59 Å². The number of carbonyl (C=O) groups excluding carboxylic acids is 2. The minimum Gasteiger partial charge on any atom is -0.441 e. The van der Waals surface area contributed by atoms with Crippen molar-refractivity contribution in [3.8, 4) is 0 Å². The maximum atomic E-state index is 13.0. The van der Waals surface area contributed by atoms with Crippen LogP contribution in [0.1, 0.15) is 11.3 Å². The third-order valence-electron chi connectivity index (χ3n) is 4.08. The lowest BCUT2D eigenvalue weighted by atomic mass is 10.1. The number of aryl methyl sites for hydroxylation is 1. The number of carbonyl (C=O) groups is 2. The predicted octanol–water partition coefficient (Wildman–Crippen LogP) is 2.83. The molecule has 134 valence electrons. The quantitative estimate of drug-likeness (QED) is 0.473. The fourth-order valence-electron chi connectivity index (χ4n) is 2.56. The summed E-state index contributed by atoms with van der Waals surface area (Å²) < 4.78 is 5.64. The van der Waals surface area contributed by atoms with Gasteiger partial charge in [0.25, 0.3) is 11.8 Å². The van der Waals surface area contributed by atoms with E-state index in [1.807, 2.05) is 33.2 Å². The van der Waals surface area contributed by atoms with Crippen LogP contribution >= 0.6 is 12.2 Å². The van der Waals surface area contributed by atoms with Gasteiger partial charge in [0.15, 0.2) is 11.0 Å². The number of hydrogen-bond donors (Lipinski definition) is 0. The first kappa shape index (κ1) is 17.9. The topological polar surface area (TPSA) is 57.0 Å². The number of likely N-dealkylation sites (N-methyl/N-ethyl adjacent to an activating group) is 1. The lowest BCUT2D eigenvalue weighted by molar-refractivity contribution is -0.127. The van der Waals surface area contributed by atoms with E-state index >= 15 is 0 Å². The molecule has 0 radical (unpaired) electrons. The van der Waals surface area contributed by atoms with Crippen molar-refractivity contribution in [2.75, 3.05) is 30.9 Å². The lowest BCUT2D eigenvalue weighted by Gasteiger charge is -2.34. The van der Waals surface area contributed by atoms with E-state index in [1.54, 1.807) is 36.2 Å². The monoisotopic (exact) mass is 369 g/mol. The van der Waals surface area contributed by atoms with Crippen LogP contribution in [0.2, 0.25) is 0 Å². The molecule has 0 bridgehead atoms. The van der Waals surface area contributed by atoms with Crippen molar-refractivity contribution in [3.63, 3.8) is 0 Å². The summed E-state index contributed by atoms with van der Waals surface area (Å²) in [6.45, 7) is 1.96. The smallest absolute Gasteiger partial charge is 0.270 e. The van der Waals surface area contributed by atoms with Crippen LogP contribution in [0.5, 0.6) is 0 Å². The van der Waals surface area contributed by atoms with Gasteiger partial charge >= 0.3 is 0 Å². The number of thiocarbonyl (C=S) groups is 1. The average Bonchev–Trinajstić information content (AvgIpc) is 3.08. The maximum Gasteiger partial charge on any atom is 0.270 e. The van der Waals surface area contributed by atoms with Gasteiger partial charge in [-0.25, -0.2) is 0 Å². The van der Waals surface area contributed by atoms with E-state index in [0.29, 0.717) is 17.3 Å². The van der Waals surface area contributed by atoms with Crippen LogP contribution in [0.25, 0.3) is 6.08 Å². The Balaban J connectivity index is 2.02. The number of furan rings is 1. The van der Waals surface area contributed by atoms with E-state index < -0.39 is 11.8 Å². The molecule has 2 heterocycles. The van der Waals surface area contributed by atoms with Crippen LogP contribution in [0, 0.1) is 6.92 Å². The summed E-state index contributed by atoms with van der Waals surface area (Å²) in [5.74, 6) is 0.137. The number of amides is 2. The zero-order valence-corrected chi connectivity index (χ0v) is 15.8. The summed E-state index contributed by atoms with van der Waals surface area (Å²) in [5.41, 5.74) is 1.68. The summed E-state index contributed by atoms with van der Waals surface area (Å²) in [6, 6.07) is 10.9. The molecule has 1 aliphatic heterocycles. The van der Waals surface area contributed by atoms with Crippen LogP contribution in [0.15, 0.2) is 46.4 Å². The molecule has 3 rings (SSSR count). The first-order valence-corrected chi connectivity index (χ1v) is 8.42. The van der Waals surface area contributed by atoms with Crippen molar-refractivity contribution < 1.29 is 14.0 Å². The zero-order valence-electron chi connectivity index (χ0n) is 15.0. The predicted molar refractivity (Wildman–Crippen MR) is 105 cm³/mol. The Kier molecular flexibility index (Phi) is 4.65. The molecule has 0 N–H and O–H groups in total. The van der Waals surface area contributed by atoms with Crippen LogP contribution in [-0.4, -0.2) is 43.0 Å². The van der Waals surface area contributed by atoms with Gasteiger partial charge in [-0.2, -0.15) is 0 Å². The van der Waals surface area contributed by atoms with Crippen molar-refractivity contribution in [1.29, 1.82) is 0 Å². The fourth-order valence-corrected chi connectivity index (χ4v) is 2.83. The average molecular weight is 369 g/mol. The Labute approximate surface area is 157 Å². The number of anilines is 2. The van der Waals surface area contributed by atoms with E-state index in [9.17, 15) is 9.59 Å². The summed E-state index contributed by atoms with van der Waals surface area (Å²) in [4.78, 5) is 30.0. The van der Waals surface area contributed by atoms with E-state index in [4.69, 9.17) is 16.6 Å². The standard InChI is InChI=1S/C19H19N3O3S/c1-12-5-7-13(8-6-12)22-18(24)15(17(23)21(4)19(22)26)11-14-9-10-16(25-14)20(2)3/h5-11H,1-4H3. The molecule has 26 heavy (non-hydrogen) atoms. The van der Waals surface area contributed by atoms with Gasteiger partial charge in [0.1, 0.15) is 11.3 Å². The molecule has 2 aromatic rings. The molecule has 1 saturated heterocycles. The van der Waals surface area contributed by atoms with Crippen LogP contribution < -0.4 is 9.80 Å². The van der Waals surface area contributed by atoms with Gasteiger partial charge in [-0.3, -0.25) is 19.4 Å². The van der Waals surface area contributed by atoms with E-state index in [2.05, 4.69) is 0 Å². The summed E-state index contributed by atoms with van der Waals surface area (Å²) in [5, 5.41) is 0.148. The SMILES string of the molecule is Cc1ccc(N2C(=O)C(=Cc3ccc(N(C)C)o3)C(=O)N(C)C2=S)cc1. The van der Waals surface area contributed by atoms with Crippen molar-refractivity contribution in [2.24, 2.45) is 0 Å². The number of hydrogen-bond acceptors (Lipinski definition) is 5. The molecule has 6 nitrogen and oxygen atoms in total. The molecule has 0 saturated carbocycles. The highest BCUT2D eigenvalue weighted by atomic mass is 32.1. The van der Waals surface area contributed by atoms with Gasteiger partial charge in [-0.1, -0.05) is 17.7 Å². The summed E-state index contributed by atoms with van der Waals surface area (Å²) >= 11 is 5.33. The molecule has 7 heteroatoms. The molecule has 1 aromatic heterocycles. The molecule has 0 aliphatic carbocycles. The second-order valence-corrected chi connectivity index (χ2v) is 6.62. The Bertz CT molecular complexity index is 912. The lowest BCUT2D eigenvalue weighted by Crippen LogP contribution is -2.54. The second-order valence-electron chi connectivity index (χ2n) is 6.25. The minimum absolute atomic E-state index is 0.00123. The molecular weight excluding hydrogens is 350 g/mol. The molecule has 2 amide bonds. The molecule has 0 spiro atoms. The number of nitrogens with zero attached hydrogens (tertiary/aromatic N) is 3. The molecule has 0 unspecified atom stereocenters. The van der Waals surface area contributed by atoms with Crippen molar-refractivity contribution in [2.45, 2.75) is 6.92 Å². The van der Waals surface area contributed by atoms with Gasteiger partial charge in [0, 0.05) is 27.2 Å². The van der Waals surface area contributed by atoms with E-state index in [-0.39, 0.29) is 10.7 Å². The number of benzene rings is 1. The first-order valence-electron chi connectivity index (χ1n) is 8.01. The Morgan fingerprint density at radius 2 is 1.69 bits per heavy atom. The fraction of sp³-hybridized carbons (Fsp3) is 0.211. The molecule has 1 aliphatic rings. The number of rotatable bonds is 3. The van der Waals surface area contributed by atoms with Crippen molar-refractivity contribution >= 4 is 46.8 Å². The van der Waals surface area contributed by atoms with E-state index in [0.717, 1.165) is 5.56 Å². The zero-order chi connectivity index (χ0) is 19.0. The van der Waals surface area contributed by atoms with Gasteiger partial charge in [0.2, 0.25) is 0 Å². The van der Waals surface area contributed by atoms with E-state index in [1.165, 1.54) is 15.9 Å². The Hall–Kier alpha value is -2.93. The third kappa shape index (κ3) is 3.13. The Morgan fingerprint density at radius 3 is 2.27 bits per heavy atom. The highest BCUT2D eigenvalue weighted by molar-refractivity contribution is 7.80. The first-order chi connectivity index (χ1) is 12.3. The summed E-state index contributed by atoms with van der Waals surface area (Å²) in [7, 11) is 5.25. The van der Waals surface area contributed by atoms with Gasteiger partial charge in [0.05, 0.1) is 5.69 Å². The highest BCUT2D eigenvalue weighted by Crippen LogP contribution is 2.26. The van der Waals surface area contributed by atoms with Crippen LogP contribution in [0.4, 0.5) is 11.6 Å². The maximum absolute atomic E-state index is 13.0. The summed E-state index contributed by atoms with van der Waals surface area (Å²) in [6.07, 6.45) is 1.46. The van der Waals surface area contributed by atoms with Gasteiger partial charge in [-0.15, -0.1) is 0 Å². The largest absolute Gasteiger partial charge is 0.441 e. The molecule has 0 atom stereocenters.